The molecule has 0 fully saturated rings. The Morgan fingerprint density at radius 1 is 1.00 bits per heavy atom. The van der Waals surface area contributed by atoms with Crippen LogP contribution in [0.3, 0.4) is 0 Å². The lowest BCUT2D eigenvalue weighted by molar-refractivity contribution is -0.119. The molecule has 0 radical (unpaired) electrons. The maximum Gasteiger partial charge on any atom is 0.321 e. The van der Waals surface area contributed by atoms with E-state index in [2.05, 4.69) is 10.6 Å². The number of amides is 3. The quantitative estimate of drug-likeness (QED) is 0.798. The Labute approximate surface area is 138 Å². The molecule has 23 heavy (non-hydrogen) atoms. The lowest BCUT2D eigenvalue weighted by atomic mass is 10.2. The van der Waals surface area contributed by atoms with Gasteiger partial charge in [0.25, 0.3) is 0 Å². The molecule has 4 nitrogen and oxygen atoms in total. The average molecular weight is 332 g/mol. The first kappa shape index (κ1) is 17.0. The molecule has 0 aliphatic rings. The van der Waals surface area contributed by atoms with Crippen molar-refractivity contribution in [2.75, 3.05) is 5.75 Å². The van der Waals surface area contributed by atoms with E-state index in [1.807, 2.05) is 30.3 Å². The van der Waals surface area contributed by atoms with E-state index in [9.17, 15) is 14.0 Å². The first-order chi connectivity index (χ1) is 11.1. The van der Waals surface area contributed by atoms with Crippen molar-refractivity contribution in [2.45, 2.75) is 17.9 Å². The van der Waals surface area contributed by atoms with Crippen molar-refractivity contribution >= 4 is 23.7 Å². The third kappa shape index (κ3) is 6.52. The van der Waals surface area contributed by atoms with Crippen molar-refractivity contribution in [3.8, 4) is 0 Å². The zero-order valence-corrected chi connectivity index (χ0v) is 13.2. The number of rotatable bonds is 6. The molecule has 0 saturated heterocycles. The van der Waals surface area contributed by atoms with E-state index >= 15 is 0 Å². The molecule has 0 heterocycles. The Morgan fingerprint density at radius 2 is 1.70 bits per heavy atom. The molecule has 120 valence electrons. The van der Waals surface area contributed by atoms with Gasteiger partial charge in [0, 0.05) is 23.6 Å². The Morgan fingerprint density at radius 3 is 2.39 bits per heavy atom. The molecule has 2 aromatic carbocycles. The first-order valence-corrected chi connectivity index (χ1v) is 8.12. The molecule has 0 spiro atoms. The number of halogens is 1. The minimum Gasteiger partial charge on any atom is -0.334 e. The molecule has 0 bridgehead atoms. The number of imide groups is 1. The molecule has 0 aliphatic heterocycles. The van der Waals surface area contributed by atoms with Crippen LogP contribution in [0.5, 0.6) is 0 Å². The number of carbonyl (C=O) groups excluding carboxylic acids is 2. The summed E-state index contributed by atoms with van der Waals surface area (Å²) in [6, 6.07) is 15.0. The maximum absolute atomic E-state index is 12.8. The topological polar surface area (TPSA) is 58.2 Å². The minimum atomic E-state index is -0.509. The third-order valence-corrected chi connectivity index (χ3v) is 3.97. The van der Waals surface area contributed by atoms with Crippen molar-refractivity contribution in [3.63, 3.8) is 0 Å². The molecule has 3 amide bonds. The highest BCUT2D eigenvalue weighted by Gasteiger charge is 2.07. The second kappa shape index (κ2) is 8.95. The van der Waals surface area contributed by atoms with Gasteiger partial charge in [-0.1, -0.05) is 30.3 Å². The van der Waals surface area contributed by atoms with Crippen LogP contribution in [0.15, 0.2) is 59.5 Å². The fourth-order valence-corrected chi connectivity index (χ4v) is 2.66. The molecule has 6 heteroatoms. The van der Waals surface area contributed by atoms with Gasteiger partial charge in [0.1, 0.15) is 5.82 Å². The van der Waals surface area contributed by atoms with E-state index in [0.717, 1.165) is 10.5 Å². The predicted octanol–water partition coefficient (Wildman–Crippen LogP) is 3.33. The van der Waals surface area contributed by atoms with Crippen LogP contribution in [0, 0.1) is 5.82 Å². The van der Waals surface area contributed by atoms with Gasteiger partial charge in [-0.2, -0.15) is 0 Å². The van der Waals surface area contributed by atoms with Gasteiger partial charge in [0.05, 0.1) is 0 Å². The summed E-state index contributed by atoms with van der Waals surface area (Å²) in [4.78, 5) is 24.2. The van der Waals surface area contributed by atoms with E-state index < -0.39 is 6.03 Å². The van der Waals surface area contributed by atoms with Gasteiger partial charge in [-0.15, -0.1) is 11.8 Å². The summed E-state index contributed by atoms with van der Waals surface area (Å²) in [6.07, 6.45) is 0.209. The second-order valence-electron chi connectivity index (χ2n) is 4.77. The maximum atomic E-state index is 12.8. The van der Waals surface area contributed by atoms with Gasteiger partial charge in [-0.3, -0.25) is 10.1 Å². The van der Waals surface area contributed by atoms with Gasteiger partial charge in [-0.25, -0.2) is 9.18 Å². The summed E-state index contributed by atoms with van der Waals surface area (Å²) >= 11 is 1.44. The molecule has 0 unspecified atom stereocenters. The smallest absolute Gasteiger partial charge is 0.321 e. The number of thioether (sulfide) groups is 1. The van der Waals surface area contributed by atoms with Crippen LogP contribution in [-0.2, 0) is 11.3 Å². The lowest BCUT2D eigenvalue weighted by Crippen LogP contribution is -2.39. The zero-order chi connectivity index (χ0) is 16.5. The Kier molecular flexibility index (Phi) is 6.62. The summed E-state index contributed by atoms with van der Waals surface area (Å²) in [5.74, 6) is -0.115. The van der Waals surface area contributed by atoms with Crippen molar-refractivity contribution < 1.29 is 14.0 Å². The molecular weight excluding hydrogens is 315 g/mol. The Bertz CT molecular complexity index is 647. The van der Waals surface area contributed by atoms with Crippen LogP contribution in [0.25, 0.3) is 0 Å². The normalized spacial score (nSPS) is 10.1. The number of carbonyl (C=O) groups is 2. The summed E-state index contributed by atoms with van der Waals surface area (Å²) < 4.78 is 12.8. The largest absolute Gasteiger partial charge is 0.334 e. The van der Waals surface area contributed by atoms with E-state index in [-0.39, 0.29) is 18.1 Å². The first-order valence-electron chi connectivity index (χ1n) is 7.13. The van der Waals surface area contributed by atoms with Crippen LogP contribution in [-0.4, -0.2) is 17.7 Å². The Hall–Kier alpha value is -2.34. The number of nitrogens with one attached hydrogen (secondary N) is 2. The molecule has 0 atom stereocenters. The van der Waals surface area contributed by atoms with Crippen LogP contribution >= 0.6 is 11.8 Å². The number of urea groups is 1. The van der Waals surface area contributed by atoms with E-state index in [1.54, 1.807) is 12.1 Å². The van der Waals surface area contributed by atoms with E-state index in [0.29, 0.717) is 12.3 Å². The summed E-state index contributed by atoms with van der Waals surface area (Å²) in [5.41, 5.74) is 0.960. The SMILES string of the molecule is O=C(CCSc1ccc(F)cc1)NC(=O)NCc1ccccc1. The molecule has 0 aromatic heterocycles. The molecule has 0 aliphatic carbocycles. The Balaban J connectivity index is 1.64. The molecule has 2 N–H and O–H groups in total. The fraction of sp³-hybridized carbons (Fsp3) is 0.176. The summed E-state index contributed by atoms with van der Waals surface area (Å²) in [7, 11) is 0. The summed E-state index contributed by atoms with van der Waals surface area (Å²) in [5, 5.41) is 4.91. The van der Waals surface area contributed by atoms with Gasteiger partial charge in [0.15, 0.2) is 0 Å². The highest BCUT2D eigenvalue weighted by atomic mass is 32.2. The van der Waals surface area contributed by atoms with Gasteiger partial charge in [0.2, 0.25) is 5.91 Å². The minimum absolute atomic E-state index is 0.209. The monoisotopic (exact) mass is 332 g/mol. The molecule has 2 rings (SSSR count). The zero-order valence-electron chi connectivity index (χ0n) is 12.4. The lowest BCUT2D eigenvalue weighted by Gasteiger charge is -2.07. The average Bonchev–Trinajstić information content (AvgIpc) is 2.56. The van der Waals surface area contributed by atoms with Crippen LogP contribution in [0.4, 0.5) is 9.18 Å². The van der Waals surface area contributed by atoms with Gasteiger partial charge < -0.3 is 5.32 Å². The van der Waals surface area contributed by atoms with Crippen LogP contribution < -0.4 is 10.6 Å². The highest BCUT2D eigenvalue weighted by molar-refractivity contribution is 7.99. The van der Waals surface area contributed by atoms with Crippen molar-refractivity contribution in [2.24, 2.45) is 0 Å². The number of hydrogen-bond acceptors (Lipinski definition) is 3. The predicted molar refractivity (Wildman–Crippen MR) is 88.6 cm³/mol. The van der Waals surface area contributed by atoms with Crippen molar-refractivity contribution in [1.82, 2.24) is 10.6 Å². The van der Waals surface area contributed by atoms with E-state index in [1.165, 1.54) is 23.9 Å². The van der Waals surface area contributed by atoms with Gasteiger partial charge >= 0.3 is 6.03 Å². The van der Waals surface area contributed by atoms with Crippen LogP contribution in [0.2, 0.25) is 0 Å². The van der Waals surface area contributed by atoms with Crippen molar-refractivity contribution in [3.05, 3.63) is 66.0 Å². The van der Waals surface area contributed by atoms with Crippen LogP contribution in [0.1, 0.15) is 12.0 Å². The van der Waals surface area contributed by atoms with Crippen molar-refractivity contribution in [1.29, 1.82) is 0 Å². The summed E-state index contributed by atoms with van der Waals surface area (Å²) in [6.45, 7) is 0.365. The highest BCUT2D eigenvalue weighted by Crippen LogP contribution is 2.18. The fourth-order valence-electron chi connectivity index (χ4n) is 1.80. The third-order valence-electron chi connectivity index (χ3n) is 2.96. The number of hydrogen-bond donors (Lipinski definition) is 2. The number of benzene rings is 2. The molecular formula is C17H17FN2O2S. The second-order valence-corrected chi connectivity index (χ2v) is 5.94. The molecule has 2 aromatic rings. The van der Waals surface area contributed by atoms with Gasteiger partial charge in [-0.05, 0) is 29.8 Å². The van der Waals surface area contributed by atoms with E-state index in [4.69, 9.17) is 0 Å². The standard InChI is InChI=1S/C17H17FN2O2S/c18-14-6-8-15(9-7-14)23-11-10-16(21)20-17(22)19-12-13-4-2-1-3-5-13/h1-9H,10-12H2,(H2,19,20,21,22). The molecule has 0 saturated carbocycles.